The summed E-state index contributed by atoms with van der Waals surface area (Å²) in [6.07, 6.45) is 6.07. The first-order chi connectivity index (χ1) is 8.40. The Morgan fingerprint density at radius 3 is 2.71 bits per heavy atom. The third-order valence-corrected chi connectivity index (χ3v) is 3.06. The zero-order valence-corrected chi connectivity index (χ0v) is 9.71. The first kappa shape index (κ1) is 10.3. The minimum Gasteiger partial charge on any atom is -0.385 e. The summed E-state index contributed by atoms with van der Waals surface area (Å²) in [7, 11) is 0. The van der Waals surface area contributed by atoms with E-state index in [2.05, 4.69) is 39.7 Å². The number of benzene rings is 1. The van der Waals surface area contributed by atoms with Gasteiger partial charge in [0.1, 0.15) is 12.7 Å². The van der Waals surface area contributed by atoms with Crippen molar-refractivity contribution in [3.05, 3.63) is 42.5 Å². The van der Waals surface area contributed by atoms with Crippen LogP contribution < -0.4 is 5.32 Å². The Kier molecular flexibility index (Phi) is 2.78. The van der Waals surface area contributed by atoms with Gasteiger partial charge in [-0.1, -0.05) is 12.1 Å². The van der Waals surface area contributed by atoms with Gasteiger partial charge in [-0.25, -0.2) is 9.67 Å². The normalized spacial score (nSPS) is 14.8. The molecular formula is C13H16N4. The summed E-state index contributed by atoms with van der Waals surface area (Å²) >= 11 is 0. The molecule has 1 fully saturated rings. The number of rotatable bonds is 5. The minimum atomic E-state index is 0.781. The summed E-state index contributed by atoms with van der Waals surface area (Å²) in [4.78, 5) is 3.93. The van der Waals surface area contributed by atoms with Crippen molar-refractivity contribution in [2.24, 2.45) is 5.92 Å². The Morgan fingerprint density at radius 2 is 2.06 bits per heavy atom. The Bertz CT molecular complexity index is 457. The molecule has 1 aromatic carbocycles. The van der Waals surface area contributed by atoms with Crippen LogP contribution >= 0.6 is 0 Å². The maximum Gasteiger partial charge on any atom is 0.137 e. The Morgan fingerprint density at radius 1 is 1.24 bits per heavy atom. The molecule has 88 valence electrons. The van der Waals surface area contributed by atoms with E-state index in [1.807, 2.05) is 4.68 Å². The smallest absolute Gasteiger partial charge is 0.137 e. The van der Waals surface area contributed by atoms with E-state index in [1.54, 1.807) is 12.7 Å². The highest BCUT2D eigenvalue weighted by molar-refractivity contribution is 5.44. The van der Waals surface area contributed by atoms with Crippen LogP contribution in [0.2, 0.25) is 0 Å². The quantitative estimate of drug-likeness (QED) is 0.852. The van der Waals surface area contributed by atoms with Gasteiger partial charge in [-0.2, -0.15) is 5.10 Å². The van der Waals surface area contributed by atoms with Crippen molar-refractivity contribution in [3.63, 3.8) is 0 Å². The number of hydrogen-bond acceptors (Lipinski definition) is 3. The standard InChI is InChI=1S/C13H16N4/c1-2-11(1)7-15-13-5-3-12(4-6-13)8-17-10-14-9-16-17/h3-6,9-11,15H,1-2,7-8H2. The fraction of sp³-hybridized carbons (Fsp3) is 0.385. The first-order valence-electron chi connectivity index (χ1n) is 6.05. The number of nitrogens with one attached hydrogen (secondary N) is 1. The molecule has 17 heavy (non-hydrogen) atoms. The van der Waals surface area contributed by atoms with Gasteiger partial charge in [0.25, 0.3) is 0 Å². The van der Waals surface area contributed by atoms with E-state index in [0.717, 1.165) is 19.0 Å². The largest absolute Gasteiger partial charge is 0.385 e. The van der Waals surface area contributed by atoms with Crippen LogP contribution in [0.1, 0.15) is 18.4 Å². The topological polar surface area (TPSA) is 42.7 Å². The lowest BCUT2D eigenvalue weighted by molar-refractivity contribution is 0.685. The molecule has 0 unspecified atom stereocenters. The predicted molar refractivity (Wildman–Crippen MR) is 66.8 cm³/mol. The van der Waals surface area contributed by atoms with Gasteiger partial charge in [0.05, 0.1) is 6.54 Å². The van der Waals surface area contributed by atoms with E-state index in [0.29, 0.717) is 0 Å². The fourth-order valence-corrected chi connectivity index (χ4v) is 1.81. The molecule has 1 aromatic heterocycles. The molecule has 4 nitrogen and oxygen atoms in total. The van der Waals surface area contributed by atoms with Crippen LogP contribution in [0, 0.1) is 5.92 Å². The monoisotopic (exact) mass is 228 g/mol. The molecule has 0 atom stereocenters. The molecule has 1 aliphatic carbocycles. The molecule has 0 spiro atoms. The van der Waals surface area contributed by atoms with Gasteiger partial charge in [-0.15, -0.1) is 0 Å². The summed E-state index contributed by atoms with van der Waals surface area (Å²) in [6, 6.07) is 8.54. The second-order valence-corrected chi connectivity index (χ2v) is 4.61. The van der Waals surface area contributed by atoms with E-state index < -0.39 is 0 Å². The van der Waals surface area contributed by atoms with Crippen LogP contribution in [0.5, 0.6) is 0 Å². The van der Waals surface area contributed by atoms with E-state index >= 15 is 0 Å². The predicted octanol–water partition coefficient (Wildman–Crippen LogP) is 2.15. The molecule has 1 saturated carbocycles. The van der Waals surface area contributed by atoms with E-state index in [4.69, 9.17) is 0 Å². The molecule has 2 aromatic rings. The highest BCUT2D eigenvalue weighted by Crippen LogP contribution is 2.28. The van der Waals surface area contributed by atoms with E-state index in [-0.39, 0.29) is 0 Å². The SMILES string of the molecule is c1ncn(Cc2ccc(NCC3CC3)cc2)n1. The molecule has 0 bridgehead atoms. The van der Waals surface area contributed by atoms with Gasteiger partial charge in [-0.3, -0.25) is 0 Å². The van der Waals surface area contributed by atoms with E-state index in [1.165, 1.54) is 24.1 Å². The summed E-state index contributed by atoms with van der Waals surface area (Å²) in [5.74, 6) is 0.907. The zero-order valence-electron chi connectivity index (χ0n) is 9.71. The molecule has 0 radical (unpaired) electrons. The van der Waals surface area contributed by atoms with Gasteiger partial charge in [0.2, 0.25) is 0 Å². The Hall–Kier alpha value is -1.84. The van der Waals surface area contributed by atoms with E-state index in [9.17, 15) is 0 Å². The second kappa shape index (κ2) is 4.57. The van der Waals surface area contributed by atoms with Gasteiger partial charge < -0.3 is 5.32 Å². The average molecular weight is 228 g/mol. The van der Waals surface area contributed by atoms with Crippen molar-refractivity contribution in [1.82, 2.24) is 14.8 Å². The molecule has 1 aliphatic rings. The maximum atomic E-state index is 4.09. The van der Waals surface area contributed by atoms with Crippen molar-refractivity contribution in [2.75, 3.05) is 11.9 Å². The summed E-state index contributed by atoms with van der Waals surface area (Å²) in [6.45, 7) is 1.89. The Balaban J connectivity index is 1.58. The van der Waals surface area contributed by atoms with Crippen LogP contribution in [0.4, 0.5) is 5.69 Å². The minimum absolute atomic E-state index is 0.781. The van der Waals surface area contributed by atoms with Crippen LogP contribution in [0.15, 0.2) is 36.9 Å². The van der Waals surface area contributed by atoms with Crippen LogP contribution in [-0.2, 0) is 6.54 Å². The molecule has 3 rings (SSSR count). The average Bonchev–Trinajstić information content (AvgIpc) is 3.05. The van der Waals surface area contributed by atoms with Gasteiger partial charge in [0.15, 0.2) is 0 Å². The highest BCUT2D eigenvalue weighted by atomic mass is 15.3. The van der Waals surface area contributed by atoms with Crippen molar-refractivity contribution in [1.29, 1.82) is 0 Å². The number of hydrogen-bond donors (Lipinski definition) is 1. The molecule has 0 aliphatic heterocycles. The van der Waals surface area contributed by atoms with Crippen LogP contribution in [-0.4, -0.2) is 21.3 Å². The highest BCUT2D eigenvalue weighted by Gasteiger charge is 2.20. The summed E-state index contributed by atoms with van der Waals surface area (Å²) < 4.78 is 1.83. The van der Waals surface area contributed by atoms with Crippen molar-refractivity contribution >= 4 is 5.69 Å². The lowest BCUT2D eigenvalue weighted by Crippen LogP contribution is -2.04. The summed E-state index contributed by atoms with van der Waals surface area (Å²) in [5, 5.41) is 7.55. The third-order valence-electron chi connectivity index (χ3n) is 3.06. The first-order valence-corrected chi connectivity index (χ1v) is 6.05. The number of anilines is 1. The number of aromatic nitrogens is 3. The van der Waals surface area contributed by atoms with Crippen molar-refractivity contribution in [2.45, 2.75) is 19.4 Å². The molecular weight excluding hydrogens is 212 g/mol. The summed E-state index contributed by atoms with van der Waals surface area (Å²) in [5.41, 5.74) is 2.45. The molecule has 0 amide bonds. The molecule has 1 N–H and O–H groups in total. The van der Waals surface area contributed by atoms with Crippen molar-refractivity contribution < 1.29 is 0 Å². The van der Waals surface area contributed by atoms with Gasteiger partial charge >= 0.3 is 0 Å². The van der Waals surface area contributed by atoms with Crippen LogP contribution in [0.3, 0.4) is 0 Å². The fourth-order valence-electron chi connectivity index (χ4n) is 1.81. The molecule has 1 heterocycles. The second-order valence-electron chi connectivity index (χ2n) is 4.61. The lowest BCUT2D eigenvalue weighted by Gasteiger charge is -2.06. The third kappa shape index (κ3) is 2.84. The zero-order chi connectivity index (χ0) is 11.5. The van der Waals surface area contributed by atoms with Crippen LogP contribution in [0.25, 0.3) is 0 Å². The maximum absolute atomic E-state index is 4.09. The van der Waals surface area contributed by atoms with Gasteiger partial charge in [-0.05, 0) is 36.5 Å². The number of nitrogens with zero attached hydrogens (tertiary/aromatic N) is 3. The van der Waals surface area contributed by atoms with Gasteiger partial charge in [0, 0.05) is 12.2 Å². The Labute approximate surface area is 101 Å². The van der Waals surface area contributed by atoms with Crippen molar-refractivity contribution in [3.8, 4) is 0 Å². The molecule has 0 saturated heterocycles. The lowest BCUT2D eigenvalue weighted by atomic mass is 10.2. The molecule has 4 heteroatoms.